The molecule has 0 saturated heterocycles. The quantitative estimate of drug-likeness (QED) is 0.765. The van der Waals surface area contributed by atoms with E-state index in [1.54, 1.807) is 29.0 Å². The lowest BCUT2D eigenvalue weighted by atomic mass is 10.3. The molecule has 0 aliphatic heterocycles. The van der Waals surface area contributed by atoms with Gasteiger partial charge in [-0.2, -0.15) is 5.10 Å². The number of amides is 1. The van der Waals surface area contributed by atoms with Crippen LogP contribution in [0.4, 0.5) is 0 Å². The van der Waals surface area contributed by atoms with Crippen LogP contribution in [0.25, 0.3) is 0 Å². The fraction of sp³-hybridized carbons (Fsp3) is 0.556. The van der Waals surface area contributed by atoms with Crippen LogP contribution in [0.3, 0.4) is 0 Å². The molecule has 0 atom stereocenters. The average Bonchev–Trinajstić information content (AvgIpc) is 2.60. The van der Waals surface area contributed by atoms with Gasteiger partial charge in [-0.25, -0.2) is 0 Å². The Morgan fingerprint density at radius 1 is 1.71 bits per heavy atom. The minimum absolute atomic E-state index is 0.0417. The molecule has 4 nitrogen and oxygen atoms in total. The highest BCUT2D eigenvalue weighted by molar-refractivity contribution is 9.09. The summed E-state index contributed by atoms with van der Waals surface area (Å²) in [5.41, 5.74) is 0.648. The second-order valence-corrected chi connectivity index (χ2v) is 3.77. The molecule has 0 fully saturated rings. The van der Waals surface area contributed by atoms with Gasteiger partial charge in [0.05, 0.1) is 11.8 Å². The van der Waals surface area contributed by atoms with Gasteiger partial charge >= 0.3 is 0 Å². The van der Waals surface area contributed by atoms with Gasteiger partial charge in [-0.3, -0.25) is 9.48 Å². The minimum atomic E-state index is 0.0417. The van der Waals surface area contributed by atoms with Crippen LogP contribution in [0.1, 0.15) is 17.3 Å². The van der Waals surface area contributed by atoms with Crippen LogP contribution in [-0.4, -0.2) is 39.0 Å². The largest absolute Gasteiger partial charge is 0.338 e. The van der Waals surface area contributed by atoms with Gasteiger partial charge in [0.15, 0.2) is 0 Å². The predicted molar refractivity (Wildman–Crippen MR) is 58.6 cm³/mol. The van der Waals surface area contributed by atoms with Crippen LogP contribution in [0.5, 0.6) is 0 Å². The zero-order valence-electron chi connectivity index (χ0n) is 8.40. The molecule has 1 rings (SSSR count). The molecule has 1 amide bonds. The third-order valence-electron chi connectivity index (χ3n) is 1.98. The second-order valence-electron chi connectivity index (χ2n) is 2.98. The highest BCUT2D eigenvalue weighted by Crippen LogP contribution is 2.03. The number of aryl methyl sites for hydroxylation is 1. The standard InChI is InChI=1S/C9H14BrN3O/c1-3-13(5-4-10)9(14)8-6-11-12(2)7-8/h6-7H,3-5H2,1-2H3. The Morgan fingerprint density at radius 2 is 2.43 bits per heavy atom. The van der Waals surface area contributed by atoms with Crippen molar-refractivity contribution >= 4 is 21.8 Å². The Hall–Kier alpha value is -0.840. The van der Waals surface area contributed by atoms with Crippen LogP contribution < -0.4 is 0 Å². The molecule has 0 bridgehead atoms. The van der Waals surface area contributed by atoms with Gasteiger partial charge in [0.2, 0.25) is 0 Å². The first kappa shape index (κ1) is 11.2. The Bertz CT molecular complexity index is 311. The summed E-state index contributed by atoms with van der Waals surface area (Å²) < 4.78 is 1.63. The Labute approximate surface area is 92.0 Å². The van der Waals surface area contributed by atoms with Gasteiger partial charge in [0.25, 0.3) is 5.91 Å². The first-order chi connectivity index (χ1) is 6.69. The fourth-order valence-electron chi connectivity index (χ4n) is 1.22. The third-order valence-corrected chi connectivity index (χ3v) is 2.33. The topological polar surface area (TPSA) is 38.1 Å². The normalized spacial score (nSPS) is 10.2. The van der Waals surface area contributed by atoms with Gasteiger partial charge in [0, 0.05) is 31.7 Å². The molecule has 1 aromatic heterocycles. The number of aromatic nitrogens is 2. The number of halogens is 1. The zero-order valence-corrected chi connectivity index (χ0v) is 9.99. The van der Waals surface area contributed by atoms with E-state index < -0.39 is 0 Å². The van der Waals surface area contributed by atoms with Crippen LogP contribution in [0.2, 0.25) is 0 Å². The number of nitrogens with zero attached hydrogens (tertiary/aromatic N) is 3. The SMILES string of the molecule is CCN(CCBr)C(=O)c1cnn(C)c1. The summed E-state index contributed by atoms with van der Waals surface area (Å²) in [6.07, 6.45) is 3.33. The smallest absolute Gasteiger partial charge is 0.257 e. The van der Waals surface area contributed by atoms with E-state index in [0.29, 0.717) is 5.56 Å². The predicted octanol–water partition coefficient (Wildman–Crippen LogP) is 1.28. The highest BCUT2D eigenvalue weighted by Gasteiger charge is 2.14. The summed E-state index contributed by atoms with van der Waals surface area (Å²) in [5, 5.41) is 4.77. The van der Waals surface area contributed by atoms with Gasteiger partial charge in [0.1, 0.15) is 0 Å². The van der Waals surface area contributed by atoms with E-state index in [9.17, 15) is 4.79 Å². The van der Waals surface area contributed by atoms with Gasteiger partial charge in [-0.15, -0.1) is 0 Å². The molecule has 1 aromatic rings. The van der Waals surface area contributed by atoms with Crippen molar-refractivity contribution in [1.82, 2.24) is 14.7 Å². The molecular formula is C9H14BrN3O. The molecule has 0 aliphatic carbocycles. The number of hydrogen-bond donors (Lipinski definition) is 0. The van der Waals surface area contributed by atoms with Crippen molar-refractivity contribution < 1.29 is 4.79 Å². The van der Waals surface area contributed by atoms with Crippen molar-refractivity contribution in [1.29, 1.82) is 0 Å². The molecule has 5 heteroatoms. The van der Waals surface area contributed by atoms with E-state index in [-0.39, 0.29) is 5.91 Å². The Balaban J connectivity index is 2.72. The fourth-order valence-corrected chi connectivity index (χ4v) is 1.65. The summed E-state index contributed by atoms with van der Waals surface area (Å²) >= 11 is 3.32. The molecule has 0 radical (unpaired) electrons. The van der Waals surface area contributed by atoms with E-state index in [2.05, 4.69) is 21.0 Å². The lowest BCUT2D eigenvalue weighted by Crippen LogP contribution is -2.32. The van der Waals surface area contributed by atoms with Crippen molar-refractivity contribution in [3.63, 3.8) is 0 Å². The summed E-state index contributed by atoms with van der Waals surface area (Å²) in [7, 11) is 1.80. The van der Waals surface area contributed by atoms with Crippen LogP contribution in [-0.2, 0) is 7.05 Å². The van der Waals surface area contributed by atoms with Crippen LogP contribution >= 0.6 is 15.9 Å². The number of carbonyl (C=O) groups excluding carboxylic acids is 1. The van der Waals surface area contributed by atoms with Crippen LogP contribution in [0, 0.1) is 0 Å². The summed E-state index contributed by atoms with van der Waals surface area (Å²) in [5.74, 6) is 0.0417. The van der Waals surface area contributed by atoms with E-state index in [4.69, 9.17) is 0 Å². The molecule has 0 saturated carbocycles. The maximum Gasteiger partial charge on any atom is 0.257 e. The first-order valence-corrected chi connectivity index (χ1v) is 5.65. The van der Waals surface area contributed by atoms with Gasteiger partial charge in [-0.05, 0) is 6.92 Å². The van der Waals surface area contributed by atoms with Gasteiger partial charge in [-0.1, -0.05) is 15.9 Å². The highest BCUT2D eigenvalue weighted by atomic mass is 79.9. The first-order valence-electron chi connectivity index (χ1n) is 4.53. The summed E-state index contributed by atoms with van der Waals surface area (Å²) in [6.45, 7) is 3.42. The van der Waals surface area contributed by atoms with Crippen molar-refractivity contribution in [3.05, 3.63) is 18.0 Å². The maximum atomic E-state index is 11.8. The van der Waals surface area contributed by atoms with E-state index in [1.165, 1.54) is 0 Å². The third kappa shape index (κ3) is 2.57. The molecule has 0 spiro atoms. The maximum absolute atomic E-state index is 11.8. The van der Waals surface area contributed by atoms with Gasteiger partial charge < -0.3 is 4.90 Å². The van der Waals surface area contributed by atoms with E-state index in [1.807, 2.05) is 6.92 Å². The number of alkyl halides is 1. The van der Waals surface area contributed by atoms with Crippen molar-refractivity contribution in [2.24, 2.45) is 7.05 Å². The molecule has 0 aromatic carbocycles. The molecule has 0 N–H and O–H groups in total. The molecular weight excluding hydrogens is 246 g/mol. The number of rotatable bonds is 4. The molecule has 14 heavy (non-hydrogen) atoms. The van der Waals surface area contributed by atoms with Crippen molar-refractivity contribution in [3.8, 4) is 0 Å². The molecule has 78 valence electrons. The van der Waals surface area contributed by atoms with Crippen LogP contribution in [0.15, 0.2) is 12.4 Å². The van der Waals surface area contributed by atoms with E-state index in [0.717, 1.165) is 18.4 Å². The molecule has 0 unspecified atom stereocenters. The van der Waals surface area contributed by atoms with Crippen molar-refractivity contribution in [2.45, 2.75) is 6.92 Å². The molecule has 0 aliphatic rings. The number of hydrogen-bond acceptors (Lipinski definition) is 2. The lowest BCUT2D eigenvalue weighted by molar-refractivity contribution is 0.0775. The minimum Gasteiger partial charge on any atom is -0.338 e. The lowest BCUT2D eigenvalue weighted by Gasteiger charge is -2.18. The summed E-state index contributed by atoms with van der Waals surface area (Å²) in [6, 6.07) is 0. The number of carbonyl (C=O) groups is 1. The summed E-state index contributed by atoms with van der Waals surface area (Å²) in [4.78, 5) is 13.6. The van der Waals surface area contributed by atoms with E-state index >= 15 is 0 Å². The molecule has 1 heterocycles. The zero-order chi connectivity index (χ0) is 10.6. The van der Waals surface area contributed by atoms with Crippen molar-refractivity contribution in [2.75, 3.05) is 18.4 Å². The average molecular weight is 260 g/mol. The Kier molecular flexibility index (Phi) is 4.13. The monoisotopic (exact) mass is 259 g/mol. The second kappa shape index (κ2) is 5.14. The Morgan fingerprint density at radius 3 is 2.86 bits per heavy atom.